The van der Waals surface area contributed by atoms with Crippen molar-refractivity contribution in [2.75, 3.05) is 63.6 Å². The molecule has 0 spiro atoms. The quantitative estimate of drug-likeness (QED) is 0.413. The fourth-order valence-corrected chi connectivity index (χ4v) is 6.85. The Labute approximate surface area is 265 Å². The highest BCUT2D eigenvalue weighted by Gasteiger charge is 2.32. The number of hydrogen-bond donors (Lipinski definition) is 1. The average molecular weight is 618 g/mol. The number of piperazine rings is 1. The summed E-state index contributed by atoms with van der Waals surface area (Å²) in [5.74, 6) is 1.12. The number of aromatic nitrogens is 4. The van der Waals surface area contributed by atoms with Crippen molar-refractivity contribution in [2.24, 2.45) is 0 Å². The van der Waals surface area contributed by atoms with E-state index in [4.69, 9.17) is 9.72 Å². The summed E-state index contributed by atoms with van der Waals surface area (Å²) in [6.07, 6.45) is 10.0. The lowest BCUT2D eigenvalue weighted by Gasteiger charge is -2.43. The Bertz CT molecular complexity index is 1500. The van der Waals surface area contributed by atoms with Crippen LogP contribution in [-0.4, -0.2) is 111 Å². The highest BCUT2D eigenvalue weighted by Crippen LogP contribution is 2.35. The Hall–Kier alpha value is -3.93. The fourth-order valence-electron chi connectivity index (χ4n) is 6.85. The molecule has 1 unspecified atom stereocenters. The van der Waals surface area contributed by atoms with Gasteiger partial charge in [0.1, 0.15) is 22.8 Å². The highest BCUT2D eigenvalue weighted by molar-refractivity contribution is 5.97. The summed E-state index contributed by atoms with van der Waals surface area (Å²) in [7, 11) is 3.57. The third kappa shape index (κ3) is 7.00. The Morgan fingerprint density at radius 1 is 0.933 bits per heavy atom. The highest BCUT2D eigenvalue weighted by atomic mass is 16.6. The Morgan fingerprint density at radius 2 is 1.67 bits per heavy atom. The van der Waals surface area contributed by atoms with Crippen molar-refractivity contribution in [3.63, 3.8) is 0 Å². The summed E-state index contributed by atoms with van der Waals surface area (Å²) in [6, 6.07) is 6.60. The lowest BCUT2D eigenvalue weighted by Crippen LogP contribution is -2.56. The standard InChI is InChI=1S/C33H47N9O3/c1-33(2,3)45-32(44)41-14-8-11-26(22-41)40-17-15-39(16-18-40)25-12-13-28(34-21-25)36-31-35-20-23-19-27(30(43)38(4)5)42(29(23)37-31)24-9-6-7-10-24/h12-13,19-21,24,26H,6-11,14-18,22H2,1-5H3,(H,34,35,36,37). The molecule has 3 aromatic heterocycles. The number of pyridine rings is 1. The molecule has 6 rings (SSSR count). The monoisotopic (exact) mass is 617 g/mol. The van der Waals surface area contributed by atoms with Crippen molar-refractivity contribution >= 4 is 40.5 Å². The second-order valence-electron chi connectivity index (χ2n) is 13.8. The molecule has 12 nitrogen and oxygen atoms in total. The van der Waals surface area contributed by atoms with Gasteiger partial charge in [0.15, 0.2) is 0 Å². The number of fused-ring (bicyclic) bond motifs is 1. The van der Waals surface area contributed by atoms with E-state index < -0.39 is 5.60 Å². The number of ether oxygens (including phenoxy) is 1. The predicted octanol–water partition coefficient (Wildman–Crippen LogP) is 4.91. The third-order valence-electron chi connectivity index (χ3n) is 9.12. The van der Waals surface area contributed by atoms with Crippen molar-refractivity contribution in [3.8, 4) is 0 Å². The second kappa shape index (κ2) is 12.8. The maximum absolute atomic E-state index is 13.0. The summed E-state index contributed by atoms with van der Waals surface area (Å²) >= 11 is 0. The Morgan fingerprint density at radius 3 is 2.33 bits per heavy atom. The van der Waals surface area contributed by atoms with Crippen LogP contribution in [0.3, 0.4) is 0 Å². The molecule has 2 amide bonds. The first-order valence-electron chi connectivity index (χ1n) is 16.4. The molecule has 5 heterocycles. The molecular formula is C33H47N9O3. The number of carbonyl (C=O) groups excluding carboxylic acids is 2. The first kappa shape index (κ1) is 31.1. The van der Waals surface area contributed by atoms with Crippen molar-refractivity contribution in [2.45, 2.75) is 77.0 Å². The summed E-state index contributed by atoms with van der Waals surface area (Å²) in [4.78, 5) is 48.1. The number of carbonyl (C=O) groups is 2. The predicted molar refractivity (Wildman–Crippen MR) is 175 cm³/mol. The van der Waals surface area contributed by atoms with Crippen LogP contribution in [0, 0.1) is 0 Å². The van der Waals surface area contributed by atoms with Crippen LogP contribution >= 0.6 is 0 Å². The summed E-state index contributed by atoms with van der Waals surface area (Å²) in [6.45, 7) is 10.9. The number of likely N-dealkylation sites (tertiary alicyclic amines) is 1. The lowest BCUT2D eigenvalue weighted by molar-refractivity contribution is 0.0101. The van der Waals surface area contributed by atoms with Gasteiger partial charge in [-0.3, -0.25) is 9.69 Å². The zero-order valence-corrected chi connectivity index (χ0v) is 27.3. The fraction of sp³-hybridized carbons (Fsp3) is 0.606. The minimum absolute atomic E-state index is 0.0194. The van der Waals surface area contributed by atoms with Gasteiger partial charge in [-0.2, -0.15) is 4.98 Å². The number of hydrogen-bond acceptors (Lipinski definition) is 9. The maximum Gasteiger partial charge on any atom is 0.410 e. The summed E-state index contributed by atoms with van der Waals surface area (Å²) in [5, 5.41) is 4.14. The molecule has 45 heavy (non-hydrogen) atoms. The van der Waals surface area contributed by atoms with Gasteiger partial charge < -0.3 is 29.3 Å². The van der Waals surface area contributed by atoms with E-state index >= 15 is 0 Å². The SMILES string of the molecule is CN(C)C(=O)c1cc2cnc(Nc3ccc(N4CCN(C5CCCN(C(=O)OC(C)(C)C)C5)CC4)cn3)nc2n1C1CCCC1. The van der Waals surface area contributed by atoms with Crippen LogP contribution in [0.5, 0.6) is 0 Å². The normalized spacial score (nSPS) is 20.1. The topological polar surface area (TPSA) is 112 Å². The molecule has 2 saturated heterocycles. The molecule has 3 aliphatic rings. The molecule has 0 aromatic carbocycles. The largest absolute Gasteiger partial charge is 0.444 e. The molecule has 2 aliphatic heterocycles. The second-order valence-corrected chi connectivity index (χ2v) is 13.8. The van der Waals surface area contributed by atoms with Crippen molar-refractivity contribution < 1.29 is 14.3 Å². The molecule has 3 fully saturated rings. The third-order valence-corrected chi connectivity index (χ3v) is 9.12. The smallest absolute Gasteiger partial charge is 0.410 e. The van der Waals surface area contributed by atoms with Crippen LogP contribution in [0.4, 0.5) is 22.2 Å². The van der Waals surface area contributed by atoms with E-state index in [1.54, 1.807) is 25.2 Å². The number of anilines is 3. The van der Waals surface area contributed by atoms with Gasteiger partial charge in [-0.05, 0) is 64.7 Å². The first-order chi connectivity index (χ1) is 21.6. The number of nitrogens with zero attached hydrogens (tertiary/aromatic N) is 8. The van der Waals surface area contributed by atoms with Crippen molar-refractivity contribution in [3.05, 3.63) is 36.3 Å². The number of piperidine rings is 1. The average Bonchev–Trinajstić information content (AvgIpc) is 3.68. The van der Waals surface area contributed by atoms with E-state index in [-0.39, 0.29) is 18.0 Å². The number of nitrogens with one attached hydrogen (secondary N) is 1. The van der Waals surface area contributed by atoms with E-state index in [9.17, 15) is 9.59 Å². The van der Waals surface area contributed by atoms with Crippen LogP contribution < -0.4 is 10.2 Å². The molecule has 0 bridgehead atoms. The minimum atomic E-state index is -0.478. The molecule has 0 radical (unpaired) electrons. The lowest BCUT2D eigenvalue weighted by atomic mass is 10.0. The van der Waals surface area contributed by atoms with Gasteiger partial charge in [0.2, 0.25) is 5.95 Å². The molecule has 12 heteroatoms. The van der Waals surface area contributed by atoms with E-state index in [0.29, 0.717) is 23.5 Å². The molecule has 1 atom stereocenters. The Balaban J connectivity index is 1.08. The van der Waals surface area contributed by atoms with E-state index in [2.05, 4.69) is 35.7 Å². The van der Waals surface area contributed by atoms with Crippen LogP contribution in [0.15, 0.2) is 30.6 Å². The van der Waals surface area contributed by atoms with Gasteiger partial charge >= 0.3 is 6.09 Å². The molecule has 3 aromatic rings. The van der Waals surface area contributed by atoms with Gasteiger partial charge in [-0.1, -0.05) is 12.8 Å². The van der Waals surface area contributed by atoms with E-state index in [0.717, 1.165) is 94.5 Å². The molecular weight excluding hydrogens is 570 g/mol. The van der Waals surface area contributed by atoms with Gasteiger partial charge in [-0.25, -0.2) is 14.8 Å². The number of amides is 2. The first-order valence-corrected chi connectivity index (χ1v) is 16.4. The zero-order valence-electron chi connectivity index (χ0n) is 27.3. The minimum Gasteiger partial charge on any atom is -0.444 e. The zero-order chi connectivity index (χ0) is 31.7. The van der Waals surface area contributed by atoms with Gasteiger partial charge in [-0.15, -0.1) is 0 Å². The summed E-state index contributed by atoms with van der Waals surface area (Å²) in [5.41, 5.74) is 2.05. The number of rotatable bonds is 6. The van der Waals surface area contributed by atoms with Crippen LogP contribution in [0.2, 0.25) is 0 Å². The van der Waals surface area contributed by atoms with Crippen molar-refractivity contribution in [1.82, 2.24) is 34.2 Å². The van der Waals surface area contributed by atoms with Gasteiger partial charge in [0.25, 0.3) is 5.91 Å². The maximum atomic E-state index is 13.0. The Kier molecular flexibility index (Phi) is 8.85. The van der Waals surface area contributed by atoms with Crippen LogP contribution in [0.25, 0.3) is 11.0 Å². The van der Waals surface area contributed by atoms with Crippen LogP contribution in [-0.2, 0) is 4.74 Å². The van der Waals surface area contributed by atoms with Crippen LogP contribution in [0.1, 0.15) is 75.8 Å². The molecule has 1 aliphatic carbocycles. The summed E-state index contributed by atoms with van der Waals surface area (Å²) < 4.78 is 7.74. The van der Waals surface area contributed by atoms with Gasteiger partial charge in [0.05, 0.1) is 11.9 Å². The molecule has 1 N–H and O–H groups in total. The molecule has 242 valence electrons. The van der Waals surface area contributed by atoms with Gasteiger partial charge in [0, 0.05) is 77.0 Å². The molecule has 1 saturated carbocycles. The van der Waals surface area contributed by atoms with Crippen molar-refractivity contribution in [1.29, 1.82) is 0 Å². The van der Waals surface area contributed by atoms with E-state index in [1.165, 1.54) is 0 Å². The van der Waals surface area contributed by atoms with E-state index in [1.807, 2.05) is 44.0 Å².